The predicted molar refractivity (Wildman–Crippen MR) is 85.6 cm³/mol. The Bertz CT molecular complexity index is 837. The highest BCUT2D eigenvalue weighted by Gasteiger charge is 2.29. The summed E-state index contributed by atoms with van der Waals surface area (Å²) in [6, 6.07) is 17.5. The average molecular weight is 278 g/mol. The molecule has 0 amide bonds. The highest BCUT2D eigenvalue weighted by molar-refractivity contribution is 5.78. The summed E-state index contributed by atoms with van der Waals surface area (Å²) in [4.78, 5) is 19.4. The van der Waals surface area contributed by atoms with Gasteiger partial charge in [0.05, 0.1) is 11.2 Å². The van der Waals surface area contributed by atoms with Gasteiger partial charge in [0, 0.05) is 22.6 Å². The van der Waals surface area contributed by atoms with E-state index >= 15 is 0 Å². The molecule has 0 bridgehead atoms. The number of nitrogens with zero attached hydrogens (tertiary/aromatic N) is 1. The van der Waals surface area contributed by atoms with Gasteiger partial charge >= 0.3 is 0 Å². The van der Waals surface area contributed by atoms with Crippen LogP contribution in [0.3, 0.4) is 0 Å². The van der Waals surface area contributed by atoms with Crippen LogP contribution in [0.15, 0.2) is 59.4 Å². The second-order valence-electron chi connectivity index (χ2n) is 5.50. The van der Waals surface area contributed by atoms with Crippen molar-refractivity contribution in [3.63, 3.8) is 0 Å². The number of aromatic amines is 1. The van der Waals surface area contributed by atoms with Crippen molar-refractivity contribution in [3.05, 3.63) is 76.3 Å². The quantitative estimate of drug-likeness (QED) is 0.795. The highest BCUT2D eigenvalue weighted by atomic mass is 16.1. The van der Waals surface area contributed by atoms with Gasteiger partial charge < -0.3 is 4.98 Å². The molecule has 0 aliphatic carbocycles. The molecule has 1 N–H and O–H groups in total. The lowest BCUT2D eigenvalue weighted by Gasteiger charge is -2.28. The molecule has 3 nitrogen and oxygen atoms in total. The lowest BCUT2D eigenvalue weighted by molar-refractivity contribution is 0.516. The SMILES string of the molecule is CCC(C)(c1ccc2ccccc2n1)c1cccc(=O)[nH]1. The van der Waals surface area contributed by atoms with Gasteiger partial charge in [-0.1, -0.05) is 37.3 Å². The van der Waals surface area contributed by atoms with Gasteiger partial charge in [-0.3, -0.25) is 9.78 Å². The lowest BCUT2D eigenvalue weighted by atomic mass is 9.79. The fraction of sp³-hybridized carbons (Fsp3) is 0.222. The van der Waals surface area contributed by atoms with E-state index in [1.54, 1.807) is 6.07 Å². The normalized spacial score (nSPS) is 14.0. The number of pyridine rings is 2. The summed E-state index contributed by atoms with van der Waals surface area (Å²) in [5, 5.41) is 1.13. The molecule has 0 saturated heterocycles. The molecule has 2 heterocycles. The number of hydrogen-bond acceptors (Lipinski definition) is 2. The Labute approximate surface area is 123 Å². The average Bonchev–Trinajstić information content (AvgIpc) is 2.53. The molecule has 0 spiro atoms. The van der Waals surface area contributed by atoms with E-state index in [1.165, 1.54) is 6.07 Å². The Hall–Kier alpha value is -2.42. The van der Waals surface area contributed by atoms with Gasteiger partial charge in [-0.2, -0.15) is 0 Å². The third-order valence-electron chi connectivity index (χ3n) is 4.23. The molecule has 0 aliphatic heterocycles. The first kappa shape index (κ1) is 13.6. The Morgan fingerprint density at radius 3 is 2.62 bits per heavy atom. The Balaban J connectivity index is 2.18. The number of nitrogens with one attached hydrogen (secondary N) is 1. The summed E-state index contributed by atoms with van der Waals surface area (Å²) in [5.74, 6) is 0. The van der Waals surface area contributed by atoms with Crippen molar-refractivity contribution < 1.29 is 0 Å². The van der Waals surface area contributed by atoms with Gasteiger partial charge in [0.1, 0.15) is 0 Å². The van der Waals surface area contributed by atoms with Crippen LogP contribution in [0.5, 0.6) is 0 Å². The van der Waals surface area contributed by atoms with Crippen LogP contribution in [0, 0.1) is 0 Å². The molecule has 3 aromatic rings. The van der Waals surface area contributed by atoms with E-state index in [2.05, 4.69) is 37.0 Å². The van der Waals surface area contributed by atoms with Crippen molar-refractivity contribution in [2.45, 2.75) is 25.7 Å². The number of rotatable bonds is 3. The highest BCUT2D eigenvalue weighted by Crippen LogP contribution is 2.33. The van der Waals surface area contributed by atoms with Crippen LogP contribution in [0.4, 0.5) is 0 Å². The number of para-hydroxylation sites is 1. The molecule has 0 aliphatic rings. The summed E-state index contributed by atoms with van der Waals surface area (Å²) in [6.07, 6.45) is 0.859. The van der Waals surface area contributed by atoms with Crippen molar-refractivity contribution in [2.75, 3.05) is 0 Å². The minimum atomic E-state index is -0.301. The second kappa shape index (κ2) is 5.17. The molecule has 3 heteroatoms. The zero-order valence-corrected chi connectivity index (χ0v) is 12.3. The maximum Gasteiger partial charge on any atom is 0.248 e. The largest absolute Gasteiger partial charge is 0.325 e. The first-order chi connectivity index (χ1) is 10.1. The molecular formula is C18H18N2O. The van der Waals surface area contributed by atoms with E-state index in [1.807, 2.05) is 24.3 Å². The molecule has 0 radical (unpaired) electrons. The van der Waals surface area contributed by atoms with Crippen LogP contribution in [0.2, 0.25) is 0 Å². The molecule has 1 aromatic carbocycles. The first-order valence-corrected chi connectivity index (χ1v) is 7.19. The van der Waals surface area contributed by atoms with E-state index in [0.717, 1.165) is 28.7 Å². The lowest BCUT2D eigenvalue weighted by Crippen LogP contribution is -2.27. The zero-order valence-electron chi connectivity index (χ0n) is 12.3. The third-order valence-corrected chi connectivity index (χ3v) is 4.23. The second-order valence-corrected chi connectivity index (χ2v) is 5.50. The molecule has 2 aromatic heterocycles. The van der Waals surface area contributed by atoms with E-state index in [0.29, 0.717) is 0 Å². The number of fused-ring (bicyclic) bond motifs is 1. The van der Waals surface area contributed by atoms with Crippen LogP contribution < -0.4 is 5.56 Å². The minimum Gasteiger partial charge on any atom is -0.325 e. The zero-order chi connectivity index (χ0) is 14.9. The van der Waals surface area contributed by atoms with Crippen LogP contribution in [-0.4, -0.2) is 9.97 Å². The number of benzene rings is 1. The van der Waals surface area contributed by atoms with E-state index in [-0.39, 0.29) is 11.0 Å². The predicted octanol–water partition coefficient (Wildman–Crippen LogP) is 3.64. The van der Waals surface area contributed by atoms with Gasteiger partial charge in [0.25, 0.3) is 0 Å². The standard InChI is InChI=1S/C18H18N2O/c1-3-18(2,15-9-6-10-17(21)20-15)16-12-11-13-7-4-5-8-14(13)19-16/h4-12H,3H2,1-2H3,(H,20,21). The Morgan fingerprint density at radius 2 is 1.86 bits per heavy atom. The first-order valence-electron chi connectivity index (χ1n) is 7.19. The number of aromatic nitrogens is 2. The van der Waals surface area contributed by atoms with Crippen molar-refractivity contribution in [3.8, 4) is 0 Å². The van der Waals surface area contributed by atoms with E-state index in [4.69, 9.17) is 4.98 Å². The van der Waals surface area contributed by atoms with Gasteiger partial charge in [-0.25, -0.2) is 0 Å². The van der Waals surface area contributed by atoms with Crippen molar-refractivity contribution >= 4 is 10.9 Å². The fourth-order valence-electron chi connectivity index (χ4n) is 2.65. The van der Waals surface area contributed by atoms with Gasteiger partial charge in [-0.05, 0) is 31.5 Å². The van der Waals surface area contributed by atoms with Crippen LogP contribution >= 0.6 is 0 Å². The van der Waals surface area contributed by atoms with Gasteiger partial charge in [0.2, 0.25) is 5.56 Å². The molecule has 21 heavy (non-hydrogen) atoms. The minimum absolute atomic E-state index is 0.0760. The monoisotopic (exact) mass is 278 g/mol. The Morgan fingerprint density at radius 1 is 1.05 bits per heavy atom. The van der Waals surface area contributed by atoms with Crippen molar-refractivity contribution in [2.24, 2.45) is 0 Å². The number of hydrogen-bond donors (Lipinski definition) is 1. The summed E-state index contributed by atoms with van der Waals surface area (Å²) in [6.45, 7) is 4.23. The maximum absolute atomic E-state index is 11.6. The third kappa shape index (κ3) is 2.35. The topological polar surface area (TPSA) is 45.8 Å². The number of H-pyrrole nitrogens is 1. The van der Waals surface area contributed by atoms with Gasteiger partial charge in [0.15, 0.2) is 0 Å². The molecule has 1 unspecified atom stereocenters. The smallest absolute Gasteiger partial charge is 0.248 e. The van der Waals surface area contributed by atoms with E-state index in [9.17, 15) is 4.79 Å². The summed E-state index contributed by atoms with van der Waals surface area (Å²) in [5.41, 5.74) is 2.48. The molecule has 1 atom stereocenters. The van der Waals surface area contributed by atoms with Gasteiger partial charge in [-0.15, -0.1) is 0 Å². The van der Waals surface area contributed by atoms with Crippen LogP contribution in [0.25, 0.3) is 10.9 Å². The molecule has 3 rings (SSSR count). The Kier molecular flexibility index (Phi) is 3.34. The van der Waals surface area contributed by atoms with Crippen LogP contribution in [-0.2, 0) is 5.41 Å². The van der Waals surface area contributed by atoms with Crippen molar-refractivity contribution in [1.82, 2.24) is 9.97 Å². The fourth-order valence-corrected chi connectivity index (χ4v) is 2.65. The summed E-state index contributed by atoms with van der Waals surface area (Å²) in [7, 11) is 0. The van der Waals surface area contributed by atoms with E-state index < -0.39 is 0 Å². The maximum atomic E-state index is 11.6. The molecule has 0 saturated carbocycles. The van der Waals surface area contributed by atoms with Crippen molar-refractivity contribution in [1.29, 1.82) is 0 Å². The summed E-state index contributed by atoms with van der Waals surface area (Å²) >= 11 is 0. The molecular weight excluding hydrogens is 260 g/mol. The van der Waals surface area contributed by atoms with Crippen LogP contribution in [0.1, 0.15) is 31.7 Å². The summed E-state index contributed by atoms with van der Waals surface area (Å²) < 4.78 is 0. The molecule has 0 fully saturated rings. The molecule has 106 valence electrons.